The molecule has 2 aromatic rings. The Balaban J connectivity index is 2.16. The molecule has 0 saturated heterocycles. The Bertz CT molecular complexity index is 526. The highest BCUT2D eigenvalue weighted by Crippen LogP contribution is 2.26. The quantitative estimate of drug-likeness (QED) is 0.918. The highest BCUT2D eigenvalue weighted by atomic mass is 16.3. The van der Waals surface area contributed by atoms with Gasteiger partial charge in [0.1, 0.15) is 0 Å². The summed E-state index contributed by atoms with van der Waals surface area (Å²) in [5.74, 6) is 0.133. The van der Waals surface area contributed by atoms with Crippen LogP contribution in [0.1, 0.15) is 43.4 Å². The molecule has 1 unspecified atom stereocenters. The molecule has 1 atom stereocenters. The van der Waals surface area contributed by atoms with E-state index in [1.807, 2.05) is 12.3 Å². The van der Waals surface area contributed by atoms with Crippen LogP contribution in [0, 0.1) is 0 Å². The van der Waals surface area contributed by atoms with E-state index >= 15 is 0 Å². The summed E-state index contributed by atoms with van der Waals surface area (Å²) in [4.78, 5) is 4.13. The average molecular weight is 269 g/mol. The van der Waals surface area contributed by atoms with E-state index in [1.165, 1.54) is 11.1 Å². The van der Waals surface area contributed by atoms with E-state index in [0.29, 0.717) is 0 Å². The summed E-state index contributed by atoms with van der Waals surface area (Å²) in [6.07, 6.45) is 4.46. The van der Waals surface area contributed by atoms with E-state index < -0.39 is 0 Å². The van der Waals surface area contributed by atoms with Crippen molar-refractivity contribution in [1.29, 1.82) is 0 Å². The van der Waals surface area contributed by atoms with Crippen molar-refractivity contribution in [2.24, 2.45) is 0 Å². The molecule has 0 amide bonds. The smallest absolute Gasteiger partial charge is 0.0502 e. The summed E-state index contributed by atoms with van der Waals surface area (Å²) in [6.45, 7) is 6.78. The van der Waals surface area contributed by atoms with Gasteiger partial charge in [0.2, 0.25) is 0 Å². The van der Waals surface area contributed by atoms with E-state index in [-0.39, 0.29) is 17.9 Å². The molecule has 106 valence electrons. The average Bonchev–Trinajstić information content (AvgIpc) is 2.45. The van der Waals surface area contributed by atoms with Crippen LogP contribution >= 0.6 is 0 Å². The SMILES string of the molecule is CC(C)(C)c1ccc(C(CO)Cc2cccnc2)cc1. The number of aliphatic hydroxyl groups excluding tert-OH is 1. The molecule has 1 aromatic carbocycles. The van der Waals surface area contributed by atoms with Gasteiger partial charge in [0.15, 0.2) is 0 Å². The van der Waals surface area contributed by atoms with Crippen LogP contribution in [-0.4, -0.2) is 16.7 Å². The second-order valence-electron chi connectivity index (χ2n) is 6.32. The van der Waals surface area contributed by atoms with Crippen molar-refractivity contribution in [2.45, 2.75) is 38.5 Å². The van der Waals surface area contributed by atoms with Gasteiger partial charge in [-0.1, -0.05) is 51.1 Å². The molecule has 2 heteroatoms. The lowest BCUT2D eigenvalue weighted by molar-refractivity contribution is 0.264. The molecular weight excluding hydrogens is 246 g/mol. The van der Waals surface area contributed by atoms with Crippen LogP contribution in [0.2, 0.25) is 0 Å². The van der Waals surface area contributed by atoms with Gasteiger partial charge in [0.25, 0.3) is 0 Å². The van der Waals surface area contributed by atoms with Crippen LogP contribution in [0.15, 0.2) is 48.8 Å². The third kappa shape index (κ3) is 3.67. The molecule has 20 heavy (non-hydrogen) atoms. The number of aliphatic hydroxyl groups is 1. The molecule has 1 heterocycles. The lowest BCUT2D eigenvalue weighted by Gasteiger charge is -2.21. The van der Waals surface area contributed by atoms with Gasteiger partial charge in [-0.25, -0.2) is 0 Å². The molecule has 0 aliphatic rings. The molecule has 0 spiro atoms. The van der Waals surface area contributed by atoms with E-state index in [4.69, 9.17) is 0 Å². The summed E-state index contributed by atoms with van der Waals surface area (Å²) in [5.41, 5.74) is 3.83. The Labute approximate surface area is 121 Å². The Morgan fingerprint density at radius 3 is 2.30 bits per heavy atom. The van der Waals surface area contributed by atoms with Gasteiger partial charge in [-0.05, 0) is 34.6 Å². The highest BCUT2D eigenvalue weighted by molar-refractivity contribution is 5.30. The monoisotopic (exact) mass is 269 g/mol. The van der Waals surface area contributed by atoms with Crippen LogP contribution in [0.4, 0.5) is 0 Å². The zero-order valence-corrected chi connectivity index (χ0v) is 12.5. The predicted molar refractivity (Wildman–Crippen MR) is 82.9 cm³/mol. The molecule has 0 aliphatic carbocycles. The van der Waals surface area contributed by atoms with E-state index in [9.17, 15) is 5.11 Å². The first-order valence-corrected chi connectivity index (χ1v) is 7.11. The molecule has 1 N–H and O–H groups in total. The Hall–Kier alpha value is -1.67. The molecule has 0 fully saturated rings. The Morgan fingerprint density at radius 1 is 1.10 bits per heavy atom. The number of benzene rings is 1. The first kappa shape index (κ1) is 14.7. The molecule has 0 bridgehead atoms. The van der Waals surface area contributed by atoms with Gasteiger partial charge in [0, 0.05) is 18.3 Å². The number of hydrogen-bond donors (Lipinski definition) is 1. The van der Waals surface area contributed by atoms with Gasteiger partial charge in [-0.15, -0.1) is 0 Å². The van der Waals surface area contributed by atoms with E-state index in [0.717, 1.165) is 12.0 Å². The lowest BCUT2D eigenvalue weighted by Crippen LogP contribution is -2.12. The third-order valence-corrected chi connectivity index (χ3v) is 3.67. The van der Waals surface area contributed by atoms with E-state index in [1.54, 1.807) is 6.20 Å². The van der Waals surface area contributed by atoms with Gasteiger partial charge in [-0.3, -0.25) is 4.98 Å². The van der Waals surface area contributed by atoms with Crippen molar-refractivity contribution < 1.29 is 5.11 Å². The molecule has 0 saturated carbocycles. The van der Waals surface area contributed by atoms with Crippen LogP contribution in [-0.2, 0) is 11.8 Å². The first-order chi connectivity index (χ1) is 9.50. The minimum absolute atomic E-state index is 0.133. The van der Waals surface area contributed by atoms with Crippen molar-refractivity contribution >= 4 is 0 Å². The first-order valence-electron chi connectivity index (χ1n) is 7.11. The van der Waals surface area contributed by atoms with Crippen LogP contribution in [0.3, 0.4) is 0 Å². The fraction of sp³-hybridized carbons (Fsp3) is 0.389. The van der Waals surface area contributed by atoms with Crippen LogP contribution in [0.5, 0.6) is 0 Å². The second kappa shape index (κ2) is 6.19. The summed E-state index contributed by atoms with van der Waals surface area (Å²) in [6, 6.07) is 12.6. The summed E-state index contributed by atoms with van der Waals surface area (Å²) >= 11 is 0. The van der Waals surface area contributed by atoms with Crippen molar-refractivity contribution in [3.05, 3.63) is 65.5 Å². The highest BCUT2D eigenvalue weighted by Gasteiger charge is 2.15. The molecule has 0 aliphatic heterocycles. The van der Waals surface area contributed by atoms with E-state index in [2.05, 4.69) is 56.1 Å². The minimum atomic E-state index is 0.133. The Morgan fingerprint density at radius 2 is 1.80 bits per heavy atom. The number of nitrogens with zero attached hydrogens (tertiary/aromatic N) is 1. The predicted octanol–water partition coefficient (Wildman–Crippen LogP) is 3.70. The Kier molecular flexibility index (Phi) is 4.56. The van der Waals surface area contributed by atoms with Gasteiger partial charge in [0.05, 0.1) is 6.61 Å². The maximum absolute atomic E-state index is 9.65. The lowest BCUT2D eigenvalue weighted by atomic mass is 9.85. The zero-order valence-electron chi connectivity index (χ0n) is 12.5. The largest absolute Gasteiger partial charge is 0.396 e. The summed E-state index contributed by atoms with van der Waals surface area (Å²) in [7, 11) is 0. The summed E-state index contributed by atoms with van der Waals surface area (Å²) in [5, 5.41) is 9.65. The third-order valence-electron chi connectivity index (χ3n) is 3.67. The molecule has 0 radical (unpaired) electrons. The minimum Gasteiger partial charge on any atom is -0.396 e. The topological polar surface area (TPSA) is 33.1 Å². The summed E-state index contributed by atoms with van der Waals surface area (Å²) < 4.78 is 0. The van der Waals surface area contributed by atoms with Crippen LogP contribution < -0.4 is 0 Å². The van der Waals surface area contributed by atoms with Gasteiger partial charge in [-0.2, -0.15) is 0 Å². The van der Waals surface area contributed by atoms with Crippen molar-refractivity contribution in [3.8, 4) is 0 Å². The van der Waals surface area contributed by atoms with Crippen molar-refractivity contribution in [3.63, 3.8) is 0 Å². The molecule has 2 rings (SSSR count). The maximum Gasteiger partial charge on any atom is 0.0502 e. The molecule has 1 aromatic heterocycles. The number of pyridine rings is 1. The number of rotatable bonds is 4. The fourth-order valence-electron chi connectivity index (χ4n) is 2.35. The maximum atomic E-state index is 9.65. The van der Waals surface area contributed by atoms with Crippen molar-refractivity contribution in [1.82, 2.24) is 4.98 Å². The fourth-order valence-corrected chi connectivity index (χ4v) is 2.35. The van der Waals surface area contributed by atoms with Gasteiger partial charge < -0.3 is 5.11 Å². The standard InChI is InChI=1S/C18H23NO/c1-18(2,3)17-8-6-15(7-9-17)16(13-20)11-14-5-4-10-19-12-14/h4-10,12,16,20H,11,13H2,1-3H3. The zero-order chi connectivity index (χ0) is 14.6. The number of hydrogen-bond acceptors (Lipinski definition) is 2. The molecular formula is C18H23NO. The molecule has 2 nitrogen and oxygen atoms in total. The van der Waals surface area contributed by atoms with Gasteiger partial charge >= 0.3 is 0 Å². The van der Waals surface area contributed by atoms with Crippen molar-refractivity contribution in [2.75, 3.05) is 6.61 Å². The number of aromatic nitrogens is 1. The van der Waals surface area contributed by atoms with Crippen LogP contribution in [0.25, 0.3) is 0 Å². The normalized spacial score (nSPS) is 13.2. The second-order valence-corrected chi connectivity index (χ2v) is 6.32.